The number of hydrogen-bond acceptors (Lipinski definition) is 4. The molecule has 5 heteroatoms. The fraction of sp³-hybridized carbons (Fsp3) is 0.400. The van der Waals surface area contributed by atoms with Gasteiger partial charge in [-0.05, 0) is 31.4 Å². The van der Waals surface area contributed by atoms with E-state index >= 15 is 0 Å². The molecule has 1 aromatic carbocycles. The number of benzene rings is 1. The lowest BCUT2D eigenvalue weighted by Gasteiger charge is -2.19. The van der Waals surface area contributed by atoms with E-state index in [1.165, 1.54) is 11.1 Å². The van der Waals surface area contributed by atoms with Crippen LogP contribution in [-0.2, 0) is 13.5 Å². The Morgan fingerprint density at radius 3 is 2.85 bits per heavy atom. The Hall–Kier alpha value is -1.85. The van der Waals surface area contributed by atoms with Gasteiger partial charge in [-0.3, -0.25) is 16.0 Å². The van der Waals surface area contributed by atoms with Crippen LogP contribution in [0.5, 0.6) is 5.75 Å². The minimum absolute atomic E-state index is 0.0602. The molecule has 3 N–H and O–H groups in total. The lowest BCUT2D eigenvalue weighted by atomic mass is 9.98. The second-order valence-corrected chi connectivity index (χ2v) is 5.03. The lowest BCUT2D eigenvalue weighted by molar-refractivity contribution is 0.396. The number of ether oxygens (including phenoxy) is 1. The largest absolute Gasteiger partial charge is 0.496 e. The summed E-state index contributed by atoms with van der Waals surface area (Å²) in [4.78, 5) is 0. The van der Waals surface area contributed by atoms with Gasteiger partial charge in [0.25, 0.3) is 0 Å². The summed E-state index contributed by atoms with van der Waals surface area (Å²) in [6, 6.07) is 6.20. The number of hydrazine groups is 1. The third kappa shape index (κ3) is 3.37. The molecular weight excluding hydrogens is 252 g/mol. The molecule has 0 radical (unpaired) electrons. The number of rotatable bonds is 6. The molecule has 108 valence electrons. The monoisotopic (exact) mass is 274 g/mol. The van der Waals surface area contributed by atoms with Gasteiger partial charge in [-0.15, -0.1) is 0 Å². The van der Waals surface area contributed by atoms with E-state index in [-0.39, 0.29) is 6.04 Å². The maximum Gasteiger partial charge on any atom is 0.123 e. The summed E-state index contributed by atoms with van der Waals surface area (Å²) >= 11 is 0. The van der Waals surface area contributed by atoms with Gasteiger partial charge in [0.2, 0.25) is 0 Å². The third-order valence-corrected chi connectivity index (χ3v) is 3.44. The van der Waals surface area contributed by atoms with Crippen molar-refractivity contribution in [3.05, 3.63) is 47.3 Å². The second-order valence-electron chi connectivity index (χ2n) is 5.03. The molecule has 0 saturated heterocycles. The Balaban J connectivity index is 2.13. The summed E-state index contributed by atoms with van der Waals surface area (Å²) in [6.45, 7) is 2.07. The highest BCUT2D eigenvalue weighted by atomic mass is 16.5. The van der Waals surface area contributed by atoms with E-state index in [1.807, 2.05) is 36.3 Å². The van der Waals surface area contributed by atoms with Crippen LogP contribution in [0.4, 0.5) is 0 Å². The van der Waals surface area contributed by atoms with Crippen LogP contribution >= 0.6 is 0 Å². The van der Waals surface area contributed by atoms with Gasteiger partial charge in [0.1, 0.15) is 5.75 Å². The van der Waals surface area contributed by atoms with Crippen molar-refractivity contribution in [1.82, 2.24) is 15.2 Å². The summed E-state index contributed by atoms with van der Waals surface area (Å²) in [5, 5.41) is 4.18. The van der Waals surface area contributed by atoms with Crippen LogP contribution in [0.15, 0.2) is 30.6 Å². The van der Waals surface area contributed by atoms with Crippen LogP contribution in [-0.4, -0.2) is 16.9 Å². The molecule has 0 fully saturated rings. The Bertz CT molecular complexity index is 565. The Morgan fingerprint density at radius 2 is 2.25 bits per heavy atom. The molecule has 1 atom stereocenters. The van der Waals surface area contributed by atoms with Crippen molar-refractivity contribution in [1.29, 1.82) is 0 Å². The zero-order valence-electron chi connectivity index (χ0n) is 12.3. The topological polar surface area (TPSA) is 65.1 Å². The Labute approximate surface area is 119 Å². The first-order valence-electron chi connectivity index (χ1n) is 6.72. The number of aryl methyl sites for hydroxylation is 3. The Kier molecular flexibility index (Phi) is 4.76. The fourth-order valence-corrected chi connectivity index (χ4v) is 2.37. The summed E-state index contributed by atoms with van der Waals surface area (Å²) in [6.07, 6.45) is 5.73. The van der Waals surface area contributed by atoms with Gasteiger partial charge >= 0.3 is 0 Å². The predicted molar refractivity (Wildman–Crippen MR) is 79.3 cm³/mol. The van der Waals surface area contributed by atoms with Gasteiger partial charge in [0.05, 0.1) is 13.3 Å². The van der Waals surface area contributed by atoms with Gasteiger partial charge in [0.15, 0.2) is 0 Å². The van der Waals surface area contributed by atoms with E-state index in [0.29, 0.717) is 0 Å². The quantitative estimate of drug-likeness (QED) is 0.623. The van der Waals surface area contributed by atoms with Crippen molar-refractivity contribution >= 4 is 0 Å². The van der Waals surface area contributed by atoms with Crippen LogP contribution in [0.2, 0.25) is 0 Å². The van der Waals surface area contributed by atoms with E-state index in [9.17, 15) is 0 Å². The summed E-state index contributed by atoms with van der Waals surface area (Å²) in [5.74, 6) is 6.59. The summed E-state index contributed by atoms with van der Waals surface area (Å²) in [5.41, 5.74) is 6.39. The van der Waals surface area contributed by atoms with E-state index in [4.69, 9.17) is 10.6 Å². The van der Waals surface area contributed by atoms with Crippen molar-refractivity contribution < 1.29 is 4.74 Å². The molecular formula is C15H22N4O. The molecule has 0 amide bonds. The van der Waals surface area contributed by atoms with Gasteiger partial charge in [0, 0.05) is 24.8 Å². The maximum atomic E-state index is 5.72. The Morgan fingerprint density at radius 1 is 1.45 bits per heavy atom. The van der Waals surface area contributed by atoms with Gasteiger partial charge in [-0.2, -0.15) is 5.10 Å². The normalized spacial score (nSPS) is 12.4. The van der Waals surface area contributed by atoms with Crippen molar-refractivity contribution in [3.8, 4) is 5.75 Å². The average Bonchev–Trinajstić information content (AvgIpc) is 2.85. The highest BCUT2D eigenvalue weighted by Gasteiger charge is 2.15. The molecule has 0 aliphatic rings. The first kappa shape index (κ1) is 14.6. The zero-order valence-corrected chi connectivity index (χ0v) is 12.3. The van der Waals surface area contributed by atoms with Crippen LogP contribution < -0.4 is 16.0 Å². The minimum Gasteiger partial charge on any atom is -0.496 e. The summed E-state index contributed by atoms with van der Waals surface area (Å²) < 4.78 is 7.24. The minimum atomic E-state index is 0.0602. The molecule has 1 aromatic heterocycles. The summed E-state index contributed by atoms with van der Waals surface area (Å²) in [7, 11) is 3.61. The highest BCUT2D eigenvalue weighted by Crippen LogP contribution is 2.28. The third-order valence-electron chi connectivity index (χ3n) is 3.44. The first-order valence-corrected chi connectivity index (χ1v) is 6.72. The maximum absolute atomic E-state index is 5.72. The molecule has 0 saturated carbocycles. The number of nitrogens with one attached hydrogen (secondary N) is 1. The number of hydrogen-bond donors (Lipinski definition) is 2. The SMILES string of the molecule is COc1ccc(C)cc1C(CCc1cnn(C)c1)NN. The molecule has 2 rings (SSSR count). The molecule has 1 unspecified atom stereocenters. The molecule has 5 nitrogen and oxygen atoms in total. The van der Waals surface area contributed by atoms with Crippen LogP contribution in [0.3, 0.4) is 0 Å². The fourth-order valence-electron chi connectivity index (χ4n) is 2.37. The van der Waals surface area contributed by atoms with E-state index in [0.717, 1.165) is 24.2 Å². The van der Waals surface area contributed by atoms with Crippen molar-refractivity contribution in [2.75, 3.05) is 7.11 Å². The molecule has 20 heavy (non-hydrogen) atoms. The molecule has 0 aliphatic heterocycles. The van der Waals surface area contributed by atoms with E-state index < -0.39 is 0 Å². The second kappa shape index (κ2) is 6.54. The smallest absolute Gasteiger partial charge is 0.123 e. The van der Waals surface area contributed by atoms with E-state index in [1.54, 1.807) is 7.11 Å². The molecule has 0 bridgehead atoms. The molecule has 2 aromatic rings. The lowest BCUT2D eigenvalue weighted by Crippen LogP contribution is -2.28. The number of nitrogens with two attached hydrogens (primary N) is 1. The number of methoxy groups -OCH3 is 1. The van der Waals surface area contributed by atoms with E-state index in [2.05, 4.69) is 23.5 Å². The van der Waals surface area contributed by atoms with Crippen molar-refractivity contribution in [3.63, 3.8) is 0 Å². The predicted octanol–water partition coefficient (Wildman–Crippen LogP) is 1.87. The average molecular weight is 274 g/mol. The van der Waals surface area contributed by atoms with Gasteiger partial charge in [-0.1, -0.05) is 17.7 Å². The van der Waals surface area contributed by atoms with Crippen LogP contribution in [0.25, 0.3) is 0 Å². The van der Waals surface area contributed by atoms with Crippen molar-refractivity contribution in [2.24, 2.45) is 12.9 Å². The van der Waals surface area contributed by atoms with Crippen LogP contribution in [0.1, 0.15) is 29.2 Å². The van der Waals surface area contributed by atoms with Crippen LogP contribution in [0, 0.1) is 6.92 Å². The van der Waals surface area contributed by atoms with Crippen molar-refractivity contribution in [2.45, 2.75) is 25.8 Å². The molecule has 0 spiro atoms. The van der Waals surface area contributed by atoms with Gasteiger partial charge < -0.3 is 4.74 Å². The zero-order chi connectivity index (χ0) is 14.5. The number of nitrogens with zero attached hydrogens (tertiary/aromatic N) is 2. The van der Waals surface area contributed by atoms with Gasteiger partial charge in [-0.25, -0.2) is 0 Å². The molecule has 1 heterocycles. The molecule has 0 aliphatic carbocycles. The highest BCUT2D eigenvalue weighted by molar-refractivity contribution is 5.39. The first-order chi connectivity index (χ1) is 9.63. The number of aromatic nitrogens is 2. The standard InChI is InChI=1S/C15H22N4O/c1-11-4-7-15(20-3)13(8-11)14(18-16)6-5-12-9-17-19(2)10-12/h4,7-10,14,18H,5-6,16H2,1-3H3.